The van der Waals surface area contributed by atoms with E-state index in [1.54, 1.807) is 0 Å². The maximum absolute atomic E-state index is 2.42. The van der Waals surface area contributed by atoms with Gasteiger partial charge in [-0.05, 0) is 169 Å². The lowest BCUT2D eigenvalue weighted by molar-refractivity contribution is 1.59. The first-order valence-electron chi connectivity index (χ1n) is 21.5. The first kappa shape index (κ1) is 35.8. The van der Waals surface area contributed by atoms with Crippen LogP contribution < -0.4 is 0 Å². The molecule has 0 atom stereocenters. The molecule has 0 saturated carbocycles. The van der Waals surface area contributed by atoms with Gasteiger partial charge >= 0.3 is 0 Å². The normalized spacial score (nSPS) is 11.5. The number of fused-ring (bicyclic) bond motifs is 5. The Morgan fingerprint density at radius 3 is 0.694 bits per heavy atom. The fourth-order valence-corrected chi connectivity index (χ4v) is 9.43. The van der Waals surface area contributed by atoms with Crippen molar-refractivity contribution in [2.45, 2.75) is 0 Å². The number of hydrogen-bond donors (Lipinski definition) is 0. The molecule has 0 amide bonds. The molecule has 12 aromatic carbocycles. The molecule has 12 rings (SSSR count). The molecule has 12 aromatic rings. The zero-order chi connectivity index (χ0) is 41.0. The lowest BCUT2D eigenvalue weighted by atomic mass is 9.86. The summed E-state index contributed by atoms with van der Waals surface area (Å²) in [7, 11) is 0. The Morgan fingerprint density at radius 1 is 0.145 bits per heavy atom. The van der Waals surface area contributed by atoms with Crippen molar-refractivity contribution in [3.05, 3.63) is 243 Å². The van der Waals surface area contributed by atoms with Crippen LogP contribution in [0.15, 0.2) is 243 Å². The fourth-order valence-electron chi connectivity index (χ4n) is 9.43. The van der Waals surface area contributed by atoms with Crippen LogP contribution in [0.3, 0.4) is 0 Å². The van der Waals surface area contributed by atoms with Crippen LogP contribution >= 0.6 is 0 Å². The summed E-state index contributed by atoms with van der Waals surface area (Å²) >= 11 is 0. The Hall–Kier alpha value is -8.06. The van der Waals surface area contributed by atoms with E-state index in [2.05, 4.69) is 243 Å². The summed E-state index contributed by atoms with van der Waals surface area (Å²) in [6, 6.07) is 89.8. The summed E-state index contributed by atoms with van der Waals surface area (Å²) in [4.78, 5) is 0. The third-order valence-electron chi connectivity index (χ3n) is 12.8. The minimum atomic E-state index is 1.19. The Balaban J connectivity index is 1.07. The number of rotatable bonds is 6. The monoisotopic (exact) mass is 784 g/mol. The van der Waals surface area contributed by atoms with Gasteiger partial charge in [0.05, 0.1) is 0 Å². The van der Waals surface area contributed by atoms with Gasteiger partial charge in [0.25, 0.3) is 0 Å². The zero-order valence-electron chi connectivity index (χ0n) is 34.1. The van der Waals surface area contributed by atoms with Gasteiger partial charge in [0.1, 0.15) is 0 Å². The van der Waals surface area contributed by atoms with Gasteiger partial charge in [0.2, 0.25) is 0 Å². The molecular weight excluding hydrogens is 745 g/mol. The van der Waals surface area contributed by atoms with Crippen molar-refractivity contribution >= 4 is 53.9 Å². The van der Waals surface area contributed by atoms with E-state index in [9.17, 15) is 0 Å². The lowest BCUT2D eigenvalue weighted by Crippen LogP contribution is -1.91. The SMILES string of the molecule is c1ccc2cc(-c3ccc(-c4cc(-c5ccc6ccccc6c5)cc5c(-c6ccc(-c7ccc8ccccc8c7)cc6)cc(-c6ccc7ccccc7c6)cc45)cc3)ccc2c1. The molecule has 0 unspecified atom stereocenters. The van der Waals surface area contributed by atoms with Crippen molar-refractivity contribution in [3.8, 4) is 66.8 Å². The second-order valence-corrected chi connectivity index (χ2v) is 16.5. The highest BCUT2D eigenvalue weighted by molar-refractivity contribution is 6.10. The molecule has 0 spiro atoms. The fraction of sp³-hybridized carbons (Fsp3) is 0. The lowest BCUT2D eigenvalue weighted by Gasteiger charge is -2.18. The molecule has 0 saturated heterocycles. The topological polar surface area (TPSA) is 0 Å². The van der Waals surface area contributed by atoms with E-state index in [4.69, 9.17) is 0 Å². The van der Waals surface area contributed by atoms with E-state index >= 15 is 0 Å². The second-order valence-electron chi connectivity index (χ2n) is 16.5. The van der Waals surface area contributed by atoms with Gasteiger partial charge in [-0.2, -0.15) is 0 Å². The standard InChI is InChI=1S/C62H40/c1-5-13-49-33-53(29-21-41(49)9-1)45-17-25-47(26-18-45)59-37-57(55-31-23-43-11-3-7-15-51(43)35-55)40-62-60(38-58(39-61(59)62)56-32-24-44-12-4-8-16-52(44)36-56)48-27-19-46(20-28-48)54-30-22-42-10-2-6-14-50(42)34-54/h1-40H. The molecule has 0 aliphatic heterocycles. The minimum absolute atomic E-state index is 1.19. The maximum Gasteiger partial charge on any atom is -0.00926 e. The van der Waals surface area contributed by atoms with Crippen LogP contribution in [0.4, 0.5) is 0 Å². The molecule has 288 valence electrons. The number of benzene rings is 12. The highest BCUT2D eigenvalue weighted by atomic mass is 14.2. The summed E-state index contributed by atoms with van der Waals surface area (Å²) in [6.07, 6.45) is 0. The van der Waals surface area contributed by atoms with Crippen molar-refractivity contribution in [2.24, 2.45) is 0 Å². The summed E-state index contributed by atoms with van der Waals surface area (Å²) < 4.78 is 0. The average molecular weight is 785 g/mol. The Labute approximate surface area is 361 Å². The molecule has 0 nitrogen and oxygen atoms in total. The summed E-state index contributed by atoms with van der Waals surface area (Å²) in [6.45, 7) is 0. The van der Waals surface area contributed by atoms with Crippen molar-refractivity contribution in [1.29, 1.82) is 0 Å². The predicted octanol–water partition coefficient (Wildman–Crippen LogP) is 17.5. The molecule has 0 aliphatic carbocycles. The van der Waals surface area contributed by atoms with Crippen molar-refractivity contribution in [2.75, 3.05) is 0 Å². The maximum atomic E-state index is 2.42. The molecule has 62 heavy (non-hydrogen) atoms. The first-order chi connectivity index (χ1) is 30.7. The van der Waals surface area contributed by atoms with Gasteiger partial charge in [-0.3, -0.25) is 0 Å². The van der Waals surface area contributed by atoms with Crippen LogP contribution in [-0.2, 0) is 0 Å². The van der Waals surface area contributed by atoms with E-state index in [1.165, 1.54) is 121 Å². The highest BCUT2D eigenvalue weighted by Crippen LogP contribution is 2.43. The molecule has 0 fully saturated rings. The molecular formula is C62H40. The Bertz CT molecular complexity index is 3420. The van der Waals surface area contributed by atoms with Crippen LogP contribution in [0.2, 0.25) is 0 Å². The highest BCUT2D eigenvalue weighted by Gasteiger charge is 2.17. The van der Waals surface area contributed by atoms with Gasteiger partial charge < -0.3 is 0 Å². The second kappa shape index (κ2) is 14.9. The molecule has 0 aliphatic rings. The quantitative estimate of drug-likeness (QED) is 0.158. The average Bonchev–Trinajstić information content (AvgIpc) is 3.35. The molecule has 0 heterocycles. The Morgan fingerprint density at radius 2 is 0.387 bits per heavy atom. The first-order valence-corrected chi connectivity index (χ1v) is 21.5. The van der Waals surface area contributed by atoms with Gasteiger partial charge in [0.15, 0.2) is 0 Å². The van der Waals surface area contributed by atoms with Gasteiger partial charge in [-0.25, -0.2) is 0 Å². The van der Waals surface area contributed by atoms with Crippen molar-refractivity contribution in [1.82, 2.24) is 0 Å². The van der Waals surface area contributed by atoms with E-state index in [0.717, 1.165) is 0 Å². The summed E-state index contributed by atoms with van der Waals surface area (Å²) in [5, 5.41) is 12.4. The molecule has 0 aromatic heterocycles. The van der Waals surface area contributed by atoms with Crippen LogP contribution in [-0.4, -0.2) is 0 Å². The molecule has 0 heteroatoms. The van der Waals surface area contributed by atoms with Crippen molar-refractivity contribution < 1.29 is 0 Å². The molecule has 0 radical (unpaired) electrons. The van der Waals surface area contributed by atoms with Gasteiger partial charge in [-0.15, -0.1) is 0 Å². The van der Waals surface area contributed by atoms with E-state index < -0.39 is 0 Å². The van der Waals surface area contributed by atoms with E-state index in [0.29, 0.717) is 0 Å². The summed E-state index contributed by atoms with van der Waals surface area (Å²) in [5.74, 6) is 0. The molecule has 0 bridgehead atoms. The van der Waals surface area contributed by atoms with E-state index in [-0.39, 0.29) is 0 Å². The smallest absolute Gasteiger partial charge is 0.00926 e. The third-order valence-corrected chi connectivity index (χ3v) is 12.8. The largest absolute Gasteiger partial charge is 0.0616 e. The van der Waals surface area contributed by atoms with Crippen LogP contribution in [0.5, 0.6) is 0 Å². The van der Waals surface area contributed by atoms with Gasteiger partial charge in [0, 0.05) is 0 Å². The zero-order valence-corrected chi connectivity index (χ0v) is 34.1. The van der Waals surface area contributed by atoms with E-state index in [1.807, 2.05) is 0 Å². The van der Waals surface area contributed by atoms with Crippen LogP contribution in [0.1, 0.15) is 0 Å². The minimum Gasteiger partial charge on any atom is -0.0616 e. The molecule has 0 N–H and O–H groups in total. The van der Waals surface area contributed by atoms with Crippen LogP contribution in [0, 0.1) is 0 Å². The van der Waals surface area contributed by atoms with Gasteiger partial charge in [-0.1, -0.05) is 194 Å². The predicted molar refractivity (Wildman–Crippen MR) is 267 cm³/mol. The number of hydrogen-bond acceptors (Lipinski definition) is 0. The Kier molecular flexibility index (Phi) is 8.61. The third kappa shape index (κ3) is 6.51. The summed E-state index contributed by atoms with van der Waals surface area (Å²) in [5.41, 5.74) is 14.5. The van der Waals surface area contributed by atoms with Crippen molar-refractivity contribution in [3.63, 3.8) is 0 Å². The van der Waals surface area contributed by atoms with Crippen LogP contribution in [0.25, 0.3) is 121 Å².